The highest BCUT2D eigenvalue weighted by Gasteiger charge is 2.31. The van der Waals surface area contributed by atoms with Gasteiger partial charge in [0.1, 0.15) is 22.7 Å². The van der Waals surface area contributed by atoms with Crippen LogP contribution in [0.1, 0.15) is 41.6 Å². The number of aromatic nitrogens is 4. The van der Waals surface area contributed by atoms with E-state index in [4.69, 9.17) is 4.74 Å². The van der Waals surface area contributed by atoms with Gasteiger partial charge in [0.2, 0.25) is 5.91 Å². The van der Waals surface area contributed by atoms with Crippen LogP contribution in [0.3, 0.4) is 0 Å². The fraction of sp³-hybridized carbons (Fsp3) is 0.344. The Balaban J connectivity index is 1.09. The second-order valence-electron chi connectivity index (χ2n) is 11.5. The van der Waals surface area contributed by atoms with E-state index in [9.17, 15) is 22.8 Å². The van der Waals surface area contributed by atoms with Gasteiger partial charge in [0.15, 0.2) is 11.5 Å². The van der Waals surface area contributed by atoms with E-state index >= 15 is 0 Å². The standard InChI is InChI=1S/C32H33F3N8O3/c1-42(23-8-9-23)16-3-5-27(44)43-17-2-4-22(19-43)38-30-28-25(13-15-37-29(28)40-41-30)46-24-10-6-20(7-11-24)31(45)39-26-18-21(12-14-36-26)32(33,34)35/h3,5-7,10-15,18,22-23H,2,4,8-9,16-17,19H2,1H3,(H,36,39,45)(H2,37,38,40,41)/b5-3+/t22-/m1/s1. The normalized spacial score (nSPS) is 17.1. The number of likely N-dealkylation sites (N-methyl/N-ethyl adjacent to an activating group) is 1. The number of aromatic amines is 1. The van der Waals surface area contributed by atoms with Crippen molar-refractivity contribution >= 4 is 34.5 Å². The molecule has 6 rings (SSSR count). The molecule has 1 aromatic carbocycles. The maximum atomic E-state index is 13.0. The molecule has 1 aliphatic heterocycles. The van der Waals surface area contributed by atoms with Gasteiger partial charge >= 0.3 is 6.18 Å². The predicted octanol–water partition coefficient (Wildman–Crippen LogP) is 5.47. The molecule has 1 atom stereocenters. The van der Waals surface area contributed by atoms with Crippen molar-refractivity contribution in [2.75, 3.05) is 37.3 Å². The highest BCUT2D eigenvalue weighted by Crippen LogP contribution is 2.34. The number of nitrogens with zero attached hydrogens (tertiary/aromatic N) is 5. The number of hydrogen-bond acceptors (Lipinski definition) is 8. The van der Waals surface area contributed by atoms with Crippen LogP contribution in [0.2, 0.25) is 0 Å². The van der Waals surface area contributed by atoms with Crippen LogP contribution >= 0.6 is 0 Å². The lowest BCUT2D eigenvalue weighted by molar-refractivity contribution is -0.137. The summed E-state index contributed by atoms with van der Waals surface area (Å²) in [6.07, 6.45) is 5.77. The number of nitrogens with one attached hydrogen (secondary N) is 3. The molecule has 240 valence electrons. The number of likely N-dealkylation sites (tertiary alicyclic amines) is 1. The molecule has 1 saturated heterocycles. The van der Waals surface area contributed by atoms with E-state index < -0.39 is 17.6 Å². The molecular formula is C32H33F3N8O3. The van der Waals surface area contributed by atoms with Gasteiger partial charge in [-0.25, -0.2) is 9.97 Å². The summed E-state index contributed by atoms with van der Waals surface area (Å²) in [6.45, 7) is 1.99. The Bertz CT molecular complexity index is 1740. The SMILES string of the molecule is CN(C/C=C/C(=O)N1CCC[C@@H](Nc2n[nH]c3nccc(Oc4ccc(C(=O)Nc5cc(C(F)(F)F)ccn5)cc4)c23)C1)C1CC1. The molecule has 11 nitrogen and oxygen atoms in total. The van der Waals surface area contributed by atoms with Crippen molar-refractivity contribution in [3.63, 3.8) is 0 Å². The van der Waals surface area contributed by atoms with E-state index in [1.807, 2.05) is 11.0 Å². The largest absolute Gasteiger partial charge is 0.456 e. The second kappa shape index (κ2) is 13.2. The Hall–Kier alpha value is -4.98. The van der Waals surface area contributed by atoms with E-state index in [0.29, 0.717) is 47.5 Å². The second-order valence-corrected chi connectivity index (χ2v) is 11.5. The van der Waals surface area contributed by atoms with Gasteiger partial charge in [0, 0.05) is 61.8 Å². The Kier molecular flexibility index (Phi) is 8.88. The van der Waals surface area contributed by atoms with E-state index in [1.165, 1.54) is 25.0 Å². The molecule has 3 aromatic heterocycles. The Morgan fingerprint density at radius 2 is 1.89 bits per heavy atom. The van der Waals surface area contributed by atoms with Crippen molar-refractivity contribution in [2.45, 2.75) is 43.9 Å². The van der Waals surface area contributed by atoms with E-state index in [2.05, 4.69) is 42.7 Å². The van der Waals surface area contributed by atoms with Gasteiger partial charge in [-0.1, -0.05) is 6.08 Å². The predicted molar refractivity (Wildman–Crippen MR) is 166 cm³/mol. The summed E-state index contributed by atoms with van der Waals surface area (Å²) in [5.41, 5.74) is -0.193. The maximum Gasteiger partial charge on any atom is 0.416 e. The Labute approximate surface area is 262 Å². The monoisotopic (exact) mass is 634 g/mol. The number of fused-ring (bicyclic) bond motifs is 1. The third kappa shape index (κ3) is 7.45. The first-order chi connectivity index (χ1) is 22.1. The van der Waals surface area contributed by atoms with Gasteiger partial charge in [0.25, 0.3) is 5.91 Å². The zero-order valence-corrected chi connectivity index (χ0v) is 25.1. The Morgan fingerprint density at radius 3 is 2.65 bits per heavy atom. The summed E-state index contributed by atoms with van der Waals surface area (Å²) in [7, 11) is 2.08. The van der Waals surface area contributed by atoms with Gasteiger partial charge < -0.3 is 20.3 Å². The summed E-state index contributed by atoms with van der Waals surface area (Å²) < 4.78 is 45.2. The van der Waals surface area contributed by atoms with Crippen LogP contribution in [0.5, 0.6) is 11.5 Å². The average Bonchev–Trinajstić information content (AvgIpc) is 3.82. The first-order valence-corrected chi connectivity index (χ1v) is 15.0. The smallest absolute Gasteiger partial charge is 0.416 e. The summed E-state index contributed by atoms with van der Waals surface area (Å²) in [5, 5.41) is 13.8. The topological polar surface area (TPSA) is 128 Å². The molecule has 4 aromatic rings. The molecule has 0 radical (unpaired) electrons. The lowest BCUT2D eigenvalue weighted by Crippen LogP contribution is -2.44. The number of halogens is 3. The summed E-state index contributed by atoms with van der Waals surface area (Å²) in [5.74, 6) is 0.602. The molecule has 3 N–H and O–H groups in total. The van der Waals surface area contributed by atoms with Crippen LogP contribution < -0.4 is 15.4 Å². The molecule has 1 saturated carbocycles. The van der Waals surface area contributed by atoms with Crippen molar-refractivity contribution in [3.8, 4) is 11.5 Å². The fourth-order valence-corrected chi connectivity index (χ4v) is 5.36. The maximum absolute atomic E-state index is 13.0. The van der Waals surface area contributed by atoms with Gasteiger partial charge in [-0.3, -0.25) is 19.6 Å². The number of carbonyl (C=O) groups excluding carboxylic acids is 2. The number of hydrogen-bond donors (Lipinski definition) is 3. The number of amides is 2. The first kappa shape index (κ1) is 31.0. The molecule has 14 heteroatoms. The van der Waals surface area contributed by atoms with Crippen LogP contribution in [-0.2, 0) is 11.0 Å². The zero-order valence-electron chi connectivity index (χ0n) is 25.1. The lowest BCUT2D eigenvalue weighted by atomic mass is 10.1. The Morgan fingerprint density at radius 1 is 1.11 bits per heavy atom. The molecule has 0 unspecified atom stereocenters. The molecule has 2 fully saturated rings. The number of pyridine rings is 2. The summed E-state index contributed by atoms with van der Waals surface area (Å²) in [4.78, 5) is 37.8. The van der Waals surface area contributed by atoms with Crippen molar-refractivity contribution in [1.29, 1.82) is 0 Å². The minimum atomic E-state index is -4.55. The van der Waals surface area contributed by atoms with Crippen molar-refractivity contribution in [1.82, 2.24) is 30.0 Å². The van der Waals surface area contributed by atoms with Crippen molar-refractivity contribution in [3.05, 3.63) is 78.1 Å². The molecule has 0 spiro atoms. The quantitative estimate of drug-likeness (QED) is 0.196. The van der Waals surface area contributed by atoms with Crippen molar-refractivity contribution in [2.24, 2.45) is 0 Å². The average molecular weight is 635 g/mol. The van der Waals surface area contributed by atoms with Gasteiger partial charge in [-0.2, -0.15) is 18.3 Å². The van der Waals surface area contributed by atoms with E-state index in [1.54, 1.807) is 30.5 Å². The first-order valence-electron chi connectivity index (χ1n) is 15.0. The molecule has 4 heterocycles. The minimum absolute atomic E-state index is 0.00325. The number of alkyl halides is 3. The van der Waals surface area contributed by atoms with Crippen LogP contribution in [0.4, 0.5) is 24.8 Å². The molecule has 0 bridgehead atoms. The van der Waals surface area contributed by atoms with Crippen LogP contribution in [-0.4, -0.2) is 80.5 Å². The van der Waals surface area contributed by atoms with Gasteiger partial charge in [-0.15, -0.1) is 0 Å². The van der Waals surface area contributed by atoms with Gasteiger partial charge in [0.05, 0.1) is 5.56 Å². The lowest BCUT2D eigenvalue weighted by Gasteiger charge is -2.32. The third-order valence-electron chi connectivity index (χ3n) is 7.99. The summed E-state index contributed by atoms with van der Waals surface area (Å²) in [6, 6.07) is 10.1. The zero-order chi connectivity index (χ0) is 32.3. The summed E-state index contributed by atoms with van der Waals surface area (Å²) >= 11 is 0. The highest BCUT2D eigenvalue weighted by atomic mass is 19.4. The molecule has 46 heavy (non-hydrogen) atoms. The number of piperidine rings is 1. The number of H-pyrrole nitrogens is 1. The highest BCUT2D eigenvalue weighted by molar-refractivity contribution is 6.03. The van der Waals surface area contributed by atoms with Crippen LogP contribution in [0, 0.1) is 0 Å². The minimum Gasteiger partial charge on any atom is -0.456 e. The van der Waals surface area contributed by atoms with Crippen LogP contribution in [0.15, 0.2) is 67.0 Å². The number of carbonyl (C=O) groups is 2. The molecular weight excluding hydrogens is 601 g/mol. The number of ether oxygens (including phenoxy) is 1. The number of benzene rings is 1. The van der Waals surface area contributed by atoms with Crippen molar-refractivity contribution < 1.29 is 27.5 Å². The van der Waals surface area contributed by atoms with E-state index in [0.717, 1.165) is 37.7 Å². The molecule has 2 amide bonds. The molecule has 2 aliphatic rings. The fourth-order valence-electron chi connectivity index (χ4n) is 5.36. The number of rotatable bonds is 10. The molecule has 1 aliphatic carbocycles. The number of anilines is 2. The van der Waals surface area contributed by atoms with Crippen LogP contribution in [0.25, 0.3) is 11.0 Å². The van der Waals surface area contributed by atoms with Gasteiger partial charge in [-0.05, 0) is 69.1 Å². The third-order valence-corrected chi connectivity index (χ3v) is 7.99. The van der Waals surface area contributed by atoms with E-state index in [-0.39, 0.29) is 23.3 Å².